The molecule has 0 aromatic heterocycles. The van der Waals surface area contributed by atoms with Crippen molar-refractivity contribution in [1.82, 2.24) is 0 Å². The van der Waals surface area contributed by atoms with Crippen LogP contribution in [0.15, 0.2) is 0 Å². The Bertz CT molecular complexity index is 83.5. The van der Waals surface area contributed by atoms with Gasteiger partial charge in [-0.25, -0.2) is 0 Å². The first-order chi connectivity index (χ1) is 4.56. The van der Waals surface area contributed by atoms with E-state index in [1.165, 1.54) is 0 Å². The van der Waals surface area contributed by atoms with Crippen LogP contribution in [0.3, 0.4) is 0 Å². The summed E-state index contributed by atoms with van der Waals surface area (Å²) in [4.78, 5) is 0. The van der Waals surface area contributed by atoms with Crippen molar-refractivity contribution in [2.45, 2.75) is 25.2 Å². The highest BCUT2D eigenvalue weighted by molar-refractivity contribution is 6.27. The van der Waals surface area contributed by atoms with Crippen LogP contribution < -0.4 is 17.2 Å². The molecule has 5 heteroatoms. The van der Waals surface area contributed by atoms with Gasteiger partial charge in [0.25, 0.3) is 0 Å². The van der Waals surface area contributed by atoms with Gasteiger partial charge in [0.2, 0.25) is 9.76 Å². The molecule has 0 amide bonds. The van der Waals surface area contributed by atoms with Crippen LogP contribution in [0.5, 0.6) is 0 Å². The lowest BCUT2D eigenvalue weighted by molar-refractivity contribution is 0.326. The van der Waals surface area contributed by atoms with Crippen molar-refractivity contribution in [2.75, 3.05) is 6.61 Å². The zero-order valence-corrected chi connectivity index (χ0v) is 7.26. The van der Waals surface area contributed by atoms with Crippen LogP contribution in [0.25, 0.3) is 0 Å². The number of hydrogen-bond acceptors (Lipinski definition) is 4. The highest BCUT2D eigenvalue weighted by Crippen LogP contribution is 1.89. The van der Waals surface area contributed by atoms with Crippen molar-refractivity contribution in [3.8, 4) is 0 Å². The monoisotopic (exact) mass is 161 g/mol. The van der Waals surface area contributed by atoms with Crippen LogP contribution in [-0.4, -0.2) is 22.2 Å². The van der Waals surface area contributed by atoms with Gasteiger partial charge in [0.1, 0.15) is 5.79 Å². The van der Waals surface area contributed by atoms with Crippen molar-refractivity contribution < 1.29 is 4.43 Å². The molecule has 0 atom stereocenters. The van der Waals surface area contributed by atoms with Crippen molar-refractivity contribution >= 4 is 9.76 Å². The largest absolute Gasteiger partial charge is 0.417 e. The minimum absolute atomic E-state index is 0.315. The summed E-state index contributed by atoms with van der Waals surface area (Å²) in [6, 6.07) is 0.521. The molecule has 10 heavy (non-hydrogen) atoms. The molecule has 0 aliphatic rings. The molecule has 0 aliphatic carbocycles. The third-order valence-electron chi connectivity index (χ3n) is 0.787. The Labute approximate surface area is 64.0 Å². The smallest absolute Gasteiger partial charge is 0.234 e. The van der Waals surface area contributed by atoms with E-state index in [-0.39, 0.29) is 0 Å². The highest BCUT2D eigenvalue weighted by Gasteiger charge is 2.11. The third kappa shape index (κ3) is 8.06. The molecule has 0 heterocycles. The maximum Gasteiger partial charge on any atom is 0.234 e. The predicted octanol–water partition coefficient (Wildman–Crippen LogP) is -1.02. The molecule has 0 unspecified atom stereocenters. The Morgan fingerprint density at radius 1 is 1.40 bits per heavy atom. The summed E-state index contributed by atoms with van der Waals surface area (Å²) in [7, 11) is 0.315. The minimum atomic E-state index is -1.06. The molecule has 0 rings (SSSR count). The molecule has 0 fully saturated rings. The van der Waals surface area contributed by atoms with Gasteiger partial charge in [0.15, 0.2) is 0 Å². The van der Waals surface area contributed by atoms with E-state index >= 15 is 0 Å². The van der Waals surface area contributed by atoms with E-state index in [1.54, 1.807) is 0 Å². The topological polar surface area (TPSA) is 87.3 Å². The molecular weight excluding hydrogens is 146 g/mol. The van der Waals surface area contributed by atoms with Crippen LogP contribution >= 0.6 is 0 Å². The minimum Gasteiger partial charge on any atom is -0.417 e. The van der Waals surface area contributed by atoms with Gasteiger partial charge in [-0.05, 0) is 6.42 Å². The van der Waals surface area contributed by atoms with Crippen molar-refractivity contribution in [3.63, 3.8) is 0 Å². The van der Waals surface area contributed by atoms with Gasteiger partial charge in [0, 0.05) is 12.7 Å². The van der Waals surface area contributed by atoms with Crippen molar-refractivity contribution in [1.29, 1.82) is 0 Å². The molecule has 0 saturated carbocycles. The average Bonchev–Trinajstić information content (AvgIpc) is 1.78. The Balaban J connectivity index is 3.04. The van der Waals surface area contributed by atoms with E-state index in [0.29, 0.717) is 15.8 Å². The lowest BCUT2D eigenvalue weighted by Crippen LogP contribution is -2.58. The Hall–Kier alpha value is 0.0569. The van der Waals surface area contributed by atoms with Gasteiger partial charge in [-0.2, -0.15) is 0 Å². The molecule has 2 radical (unpaired) electrons. The molecule has 6 N–H and O–H groups in total. The quantitative estimate of drug-likeness (QED) is 0.274. The Morgan fingerprint density at radius 3 is 2.40 bits per heavy atom. The molecule has 0 aliphatic heterocycles. The second-order valence-electron chi connectivity index (χ2n) is 2.28. The lowest BCUT2D eigenvalue weighted by atomic mass is 10.5. The van der Waals surface area contributed by atoms with E-state index in [9.17, 15) is 0 Å². The number of hydrogen-bond donors (Lipinski definition) is 3. The summed E-state index contributed by atoms with van der Waals surface area (Å²) in [5.74, 6) is -1.06. The summed E-state index contributed by atoms with van der Waals surface area (Å²) in [5.41, 5.74) is 15.9. The molecule has 0 bridgehead atoms. The molecular formula is C5H15N3OSi. The molecule has 4 nitrogen and oxygen atoms in total. The fourth-order valence-corrected chi connectivity index (χ4v) is 1.05. The number of rotatable bonds is 5. The highest BCUT2D eigenvalue weighted by atomic mass is 28.2. The van der Waals surface area contributed by atoms with Gasteiger partial charge in [-0.3, -0.25) is 0 Å². The average molecular weight is 161 g/mol. The second kappa shape index (κ2) is 4.81. The van der Waals surface area contributed by atoms with Crippen LogP contribution in [-0.2, 0) is 4.43 Å². The van der Waals surface area contributed by atoms with E-state index in [1.807, 2.05) is 6.92 Å². The normalized spacial score (nSPS) is 12.0. The summed E-state index contributed by atoms with van der Waals surface area (Å²) in [5, 5.41) is 0. The fourth-order valence-electron chi connectivity index (χ4n) is 0.350. The first kappa shape index (κ1) is 10.1. The molecule has 60 valence electrons. The maximum absolute atomic E-state index is 5.30. The van der Waals surface area contributed by atoms with Crippen LogP contribution in [0.4, 0.5) is 0 Å². The van der Waals surface area contributed by atoms with E-state index < -0.39 is 5.79 Å². The second-order valence-corrected chi connectivity index (χ2v) is 3.21. The summed E-state index contributed by atoms with van der Waals surface area (Å²) >= 11 is 0. The third-order valence-corrected chi connectivity index (χ3v) is 1.95. The van der Waals surface area contributed by atoms with E-state index in [2.05, 4.69) is 0 Å². The summed E-state index contributed by atoms with van der Waals surface area (Å²) < 4.78 is 5.15. The van der Waals surface area contributed by atoms with Crippen molar-refractivity contribution in [3.05, 3.63) is 0 Å². The molecule has 0 spiro atoms. The maximum atomic E-state index is 5.30. The predicted molar refractivity (Wildman–Crippen MR) is 42.1 cm³/mol. The molecule has 0 saturated heterocycles. The van der Waals surface area contributed by atoms with E-state index in [0.717, 1.165) is 13.0 Å². The van der Waals surface area contributed by atoms with Crippen molar-refractivity contribution in [2.24, 2.45) is 17.2 Å². The summed E-state index contributed by atoms with van der Waals surface area (Å²) in [6.07, 6.45) is 1.01. The Kier molecular flexibility index (Phi) is 4.84. The number of nitrogens with two attached hydrogens (primary N) is 3. The van der Waals surface area contributed by atoms with Gasteiger partial charge in [0.05, 0.1) is 0 Å². The Morgan fingerprint density at radius 2 is 2.00 bits per heavy atom. The molecule has 0 aromatic rings. The SMILES string of the molecule is CCCO[Si]CC(N)(N)N. The first-order valence-corrected chi connectivity index (χ1v) is 4.39. The standard InChI is InChI=1S/C5H15N3OSi/c1-2-3-9-10-4-5(6,7)8/h2-4,6-8H2,1H3. The van der Waals surface area contributed by atoms with Crippen LogP contribution in [0.1, 0.15) is 13.3 Å². The molecule has 0 aromatic carbocycles. The first-order valence-electron chi connectivity index (χ1n) is 3.27. The van der Waals surface area contributed by atoms with Gasteiger partial charge < -0.3 is 21.6 Å². The zero-order chi connectivity index (χ0) is 8.04. The van der Waals surface area contributed by atoms with Crippen LogP contribution in [0, 0.1) is 0 Å². The van der Waals surface area contributed by atoms with Crippen LogP contribution in [0.2, 0.25) is 6.04 Å². The fraction of sp³-hybridized carbons (Fsp3) is 1.00. The van der Waals surface area contributed by atoms with Gasteiger partial charge >= 0.3 is 0 Å². The van der Waals surface area contributed by atoms with Gasteiger partial charge in [-0.1, -0.05) is 6.92 Å². The van der Waals surface area contributed by atoms with E-state index in [4.69, 9.17) is 21.6 Å². The lowest BCUT2D eigenvalue weighted by Gasteiger charge is -2.16. The van der Waals surface area contributed by atoms with Gasteiger partial charge in [-0.15, -0.1) is 0 Å². The zero-order valence-electron chi connectivity index (χ0n) is 6.26. The summed E-state index contributed by atoms with van der Waals surface area (Å²) in [6.45, 7) is 2.81.